The minimum Gasteiger partial charge on any atom is -0.493 e. The first-order valence-electron chi connectivity index (χ1n) is 9.31. The van der Waals surface area contributed by atoms with Crippen molar-refractivity contribution >= 4 is 58.2 Å². The van der Waals surface area contributed by atoms with Gasteiger partial charge in [-0.3, -0.25) is 14.9 Å². The average Bonchev–Trinajstić information content (AvgIpc) is 2.76. The zero-order chi connectivity index (χ0) is 23.4. The van der Waals surface area contributed by atoms with Gasteiger partial charge in [0.2, 0.25) is 0 Å². The highest BCUT2D eigenvalue weighted by Gasteiger charge is 2.37. The van der Waals surface area contributed by atoms with E-state index in [4.69, 9.17) is 9.47 Å². The first-order valence-corrected chi connectivity index (χ1v) is 10.4. The number of benzene rings is 2. The van der Waals surface area contributed by atoms with Crippen LogP contribution in [0.2, 0.25) is 0 Å². The molecule has 2 aromatic carbocycles. The van der Waals surface area contributed by atoms with Crippen LogP contribution in [0.4, 0.5) is 10.5 Å². The van der Waals surface area contributed by atoms with Crippen LogP contribution in [0.3, 0.4) is 0 Å². The van der Waals surface area contributed by atoms with Gasteiger partial charge in [-0.2, -0.15) is 0 Å². The standard InChI is InChI=1S/C22H19IN2O7/c1-12-6-4-5-7-16(12)25-21(28)14(20(27)24-22(25)29)8-13-9-15(23)19(17(10-13)30-2)32-11-18(26)31-3/h4-10H,11H2,1-3H3,(H,24,27,29)/b14-8+. The van der Waals surface area contributed by atoms with Crippen LogP contribution in [0.25, 0.3) is 6.08 Å². The number of halogens is 1. The summed E-state index contributed by atoms with van der Waals surface area (Å²) in [6.07, 6.45) is 1.37. The maximum absolute atomic E-state index is 13.1. The summed E-state index contributed by atoms with van der Waals surface area (Å²) in [4.78, 5) is 50.2. The molecule has 0 spiro atoms. The number of urea groups is 1. The summed E-state index contributed by atoms with van der Waals surface area (Å²) in [5, 5.41) is 2.20. The van der Waals surface area contributed by atoms with E-state index < -0.39 is 23.8 Å². The van der Waals surface area contributed by atoms with Crippen molar-refractivity contribution < 1.29 is 33.4 Å². The molecule has 0 radical (unpaired) electrons. The Morgan fingerprint density at radius 2 is 1.88 bits per heavy atom. The first kappa shape index (κ1) is 23.3. The Bertz CT molecular complexity index is 1140. The van der Waals surface area contributed by atoms with Gasteiger partial charge >= 0.3 is 12.0 Å². The highest BCUT2D eigenvalue weighted by molar-refractivity contribution is 14.1. The smallest absolute Gasteiger partial charge is 0.343 e. The lowest BCUT2D eigenvalue weighted by Crippen LogP contribution is -2.54. The van der Waals surface area contributed by atoms with E-state index in [1.54, 1.807) is 43.3 Å². The summed E-state index contributed by atoms with van der Waals surface area (Å²) >= 11 is 1.98. The van der Waals surface area contributed by atoms with Gasteiger partial charge in [-0.15, -0.1) is 0 Å². The van der Waals surface area contributed by atoms with Gasteiger partial charge in [0.1, 0.15) is 5.57 Å². The number of carbonyl (C=O) groups excluding carboxylic acids is 4. The van der Waals surface area contributed by atoms with Gasteiger partial charge in [0, 0.05) is 0 Å². The Labute approximate surface area is 197 Å². The van der Waals surface area contributed by atoms with Gasteiger partial charge in [-0.25, -0.2) is 14.5 Å². The molecule has 1 heterocycles. The highest BCUT2D eigenvalue weighted by atomic mass is 127. The third-order valence-corrected chi connectivity index (χ3v) is 5.38. The van der Waals surface area contributed by atoms with Crippen molar-refractivity contribution in [3.63, 3.8) is 0 Å². The Morgan fingerprint density at radius 1 is 1.16 bits per heavy atom. The van der Waals surface area contributed by atoms with E-state index in [0.717, 1.165) is 4.90 Å². The molecule has 0 atom stereocenters. The van der Waals surface area contributed by atoms with Gasteiger partial charge in [0.25, 0.3) is 11.8 Å². The lowest BCUT2D eigenvalue weighted by atomic mass is 10.1. The molecule has 0 aliphatic carbocycles. The summed E-state index contributed by atoms with van der Waals surface area (Å²) < 4.78 is 16.0. The van der Waals surface area contributed by atoms with Crippen LogP contribution in [-0.4, -0.2) is 44.6 Å². The molecular formula is C22H19IN2O7. The quantitative estimate of drug-likeness (QED) is 0.255. The number of aryl methyl sites for hydroxylation is 1. The molecule has 0 aromatic heterocycles. The molecule has 32 heavy (non-hydrogen) atoms. The van der Waals surface area contributed by atoms with Gasteiger partial charge in [-0.05, 0) is 64.9 Å². The fourth-order valence-corrected chi connectivity index (χ4v) is 3.79. The molecule has 2 aromatic rings. The molecule has 1 N–H and O–H groups in total. The van der Waals surface area contributed by atoms with Crippen molar-refractivity contribution in [1.29, 1.82) is 0 Å². The van der Waals surface area contributed by atoms with E-state index in [-0.39, 0.29) is 12.2 Å². The maximum Gasteiger partial charge on any atom is 0.343 e. The molecule has 166 valence electrons. The number of barbiturate groups is 1. The number of ether oxygens (including phenoxy) is 3. The number of nitrogens with zero attached hydrogens (tertiary/aromatic N) is 1. The molecule has 1 aliphatic rings. The number of para-hydroxylation sites is 1. The predicted molar refractivity (Wildman–Crippen MR) is 123 cm³/mol. The van der Waals surface area contributed by atoms with Crippen molar-refractivity contribution in [1.82, 2.24) is 5.32 Å². The highest BCUT2D eigenvalue weighted by Crippen LogP contribution is 2.35. The molecule has 9 nitrogen and oxygen atoms in total. The Morgan fingerprint density at radius 3 is 2.53 bits per heavy atom. The normalized spacial score (nSPS) is 14.9. The minimum absolute atomic E-state index is 0.214. The number of imide groups is 2. The fraction of sp³-hybridized carbons (Fsp3) is 0.182. The molecule has 4 amide bonds. The second-order valence-electron chi connectivity index (χ2n) is 6.64. The zero-order valence-electron chi connectivity index (χ0n) is 17.4. The van der Waals surface area contributed by atoms with Crippen molar-refractivity contribution in [2.75, 3.05) is 25.7 Å². The number of methoxy groups -OCH3 is 2. The van der Waals surface area contributed by atoms with Gasteiger partial charge in [-0.1, -0.05) is 18.2 Å². The predicted octanol–water partition coefficient (Wildman–Crippen LogP) is 2.83. The second-order valence-corrected chi connectivity index (χ2v) is 7.81. The number of amides is 4. The Hall–Kier alpha value is -3.41. The lowest BCUT2D eigenvalue weighted by molar-refractivity contribution is -0.143. The fourth-order valence-electron chi connectivity index (χ4n) is 3.01. The van der Waals surface area contributed by atoms with Crippen LogP contribution in [-0.2, 0) is 19.1 Å². The second kappa shape index (κ2) is 9.81. The van der Waals surface area contributed by atoms with Crippen LogP contribution in [0.15, 0.2) is 42.0 Å². The van der Waals surface area contributed by atoms with E-state index in [1.165, 1.54) is 20.3 Å². The molecule has 10 heteroatoms. The van der Waals surface area contributed by atoms with Crippen LogP contribution >= 0.6 is 22.6 Å². The van der Waals surface area contributed by atoms with Crippen LogP contribution in [0, 0.1) is 10.5 Å². The summed E-state index contributed by atoms with van der Waals surface area (Å²) in [5.41, 5.74) is 1.34. The Kier molecular flexibility index (Phi) is 7.13. The summed E-state index contributed by atoms with van der Waals surface area (Å²) in [5.74, 6) is -1.49. The summed E-state index contributed by atoms with van der Waals surface area (Å²) in [6.45, 7) is 1.45. The lowest BCUT2D eigenvalue weighted by Gasteiger charge is -2.27. The zero-order valence-corrected chi connectivity index (χ0v) is 19.6. The first-order chi connectivity index (χ1) is 15.3. The average molecular weight is 550 g/mol. The molecular weight excluding hydrogens is 531 g/mol. The van der Waals surface area contributed by atoms with Crippen LogP contribution < -0.4 is 19.7 Å². The molecule has 3 rings (SSSR count). The third-order valence-electron chi connectivity index (χ3n) is 4.58. The number of esters is 1. The third kappa shape index (κ3) is 4.74. The molecule has 1 aliphatic heterocycles. The maximum atomic E-state index is 13.1. The summed E-state index contributed by atoms with van der Waals surface area (Å²) in [6, 6.07) is 9.25. The van der Waals surface area contributed by atoms with Crippen LogP contribution in [0.5, 0.6) is 11.5 Å². The van der Waals surface area contributed by atoms with Crippen LogP contribution in [0.1, 0.15) is 11.1 Å². The number of anilines is 1. The molecule has 0 saturated carbocycles. The van der Waals surface area contributed by atoms with Crippen molar-refractivity contribution in [3.8, 4) is 11.5 Å². The topological polar surface area (TPSA) is 111 Å². The molecule has 0 bridgehead atoms. The minimum atomic E-state index is -0.815. The number of hydrogen-bond donors (Lipinski definition) is 1. The number of rotatable bonds is 6. The molecule has 0 unspecified atom stereocenters. The van der Waals surface area contributed by atoms with E-state index in [0.29, 0.717) is 31.9 Å². The monoisotopic (exact) mass is 550 g/mol. The molecule has 1 fully saturated rings. The largest absolute Gasteiger partial charge is 0.493 e. The van der Waals surface area contributed by atoms with Crippen molar-refractivity contribution in [3.05, 3.63) is 56.7 Å². The molecule has 1 saturated heterocycles. The van der Waals surface area contributed by atoms with E-state index in [2.05, 4.69) is 10.1 Å². The summed E-state index contributed by atoms with van der Waals surface area (Å²) in [7, 11) is 2.67. The van der Waals surface area contributed by atoms with E-state index in [1.807, 2.05) is 22.6 Å². The van der Waals surface area contributed by atoms with Gasteiger partial charge in [0.15, 0.2) is 18.1 Å². The number of hydrogen-bond acceptors (Lipinski definition) is 7. The number of carbonyl (C=O) groups is 4. The van der Waals surface area contributed by atoms with Gasteiger partial charge < -0.3 is 14.2 Å². The van der Waals surface area contributed by atoms with Crippen molar-refractivity contribution in [2.45, 2.75) is 6.92 Å². The van der Waals surface area contributed by atoms with Crippen molar-refractivity contribution in [2.24, 2.45) is 0 Å². The SMILES string of the molecule is COC(=O)COc1c(I)cc(/C=C2\C(=O)NC(=O)N(c3ccccc3C)C2=O)cc1OC. The number of nitrogens with one attached hydrogen (secondary N) is 1. The van der Waals surface area contributed by atoms with E-state index >= 15 is 0 Å². The van der Waals surface area contributed by atoms with E-state index in [9.17, 15) is 19.2 Å². The Balaban J connectivity index is 1.99. The van der Waals surface area contributed by atoms with Gasteiger partial charge in [0.05, 0.1) is 23.5 Å².